The summed E-state index contributed by atoms with van der Waals surface area (Å²) in [5.74, 6) is 0.691. The molecule has 0 radical (unpaired) electrons. The summed E-state index contributed by atoms with van der Waals surface area (Å²) in [5, 5.41) is 16.0. The van der Waals surface area contributed by atoms with Crippen LogP contribution in [0.2, 0.25) is 0 Å². The lowest BCUT2D eigenvalue weighted by Gasteiger charge is -2.37. The zero-order valence-corrected chi connectivity index (χ0v) is 18.1. The number of fused-ring (bicyclic) bond motifs is 2. The molecule has 0 amide bonds. The van der Waals surface area contributed by atoms with Gasteiger partial charge < -0.3 is 19.9 Å². The van der Waals surface area contributed by atoms with Gasteiger partial charge in [-0.15, -0.1) is 0 Å². The van der Waals surface area contributed by atoms with E-state index < -0.39 is 0 Å². The van der Waals surface area contributed by atoms with Crippen molar-refractivity contribution in [3.05, 3.63) is 89.9 Å². The molecule has 3 aromatic rings. The maximum absolute atomic E-state index is 5.57. The molecule has 8 nitrogen and oxygen atoms in total. The Labute approximate surface area is 191 Å². The molecule has 1 atom stereocenters. The first kappa shape index (κ1) is 19.6. The first-order valence-electron chi connectivity index (χ1n) is 11.2. The summed E-state index contributed by atoms with van der Waals surface area (Å²) in [5.41, 5.74) is 8.59. The molecular formula is C25H25N7O. The summed E-state index contributed by atoms with van der Waals surface area (Å²) in [6.07, 6.45) is 7.86. The Morgan fingerprint density at radius 1 is 1.06 bits per heavy atom. The van der Waals surface area contributed by atoms with E-state index >= 15 is 0 Å². The molecule has 33 heavy (non-hydrogen) atoms. The number of para-hydroxylation sites is 1. The molecule has 2 aromatic carbocycles. The highest BCUT2D eigenvalue weighted by atomic mass is 16.5. The van der Waals surface area contributed by atoms with E-state index in [2.05, 4.69) is 62.3 Å². The van der Waals surface area contributed by atoms with Gasteiger partial charge in [-0.1, -0.05) is 48.5 Å². The monoisotopic (exact) mass is 439 g/mol. The minimum Gasteiger partial charge on any atom is -0.378 e. The van der Waals surface area contributed by atoms with Gasteiger partial charge in [0.25, 0.3) is 0 Å². The molecule has 0 saturated carbocycles. The second-order valence-electron chi connectivity index (χ2n) is 8.15. The Morgan fingerprint density at radius 3 is 2.76 bits per heavy atom. The third-order valence-electron chi connectivity index (χ3n) is 6.07. The first-order chi connectivity index (χ1) is 16.3. The van der Waals surface area contributed by atoms with Gasteiger partial charge in [0, 0.05) is 41.8 Å². The van der Waals surface area contributed by atoms with Crippen LogP contribution in [0.5, 0.6) is 0 Å². The Hall–Kier alpha value is -4.04. The van der Waals surface area contributed by atoms with Gasteiger partial charge in [0.15, 0.2) is 12.0 Å². The van der Waals surface area contributed by atoms with Gasteiger partial charge in [0.2, 0.25) is 0 Å². The highest BCUT2D eigenvalue weighted by molar-refractivity contribution is 6.00. The summed E-state index contributed by atoms with van der Waals surface area (Å²) in [4.78, 5) is 5.63. The molecule has 0 bridgehead atoms. The van der Waals surface area contributed by atoms with Crippen LogP contribution in [0.4, 0.5) is 0 Å². The summed E-state index contributed by atoms with van der Waals surface area (Å²) in [6.45, 7) is 3.15. The van der Waals surface area contributed by atoms with E-state index in [-0.39, 0.29) is 6.17 Å². The van der Waals surface area contributed by atoms with Crippen LogP contribution in [0.3, 0.4) is 0 Å². The van der Waals surface area contributed by atoms with Gasteiger partial charge in [-0.2, -0.15) is 10.2 Å². The minimum atomic E-state index is -0.0542. The van der Waals surface area contributed by atoms with Crippen molar-refractivity contribution in [3.63, 3.8) is 0 Å². The molecule has 3 aliphatic heterocycles. The maximum atomic E-state index is 5.57. The number of ether oxygens (including phenoxy) is 1. The lowest BCUT2D eigenvalue weighted by Crippen LogP contribution is -2.48. The molecule has 6 rings (SSSR count). The molecule has 3 N–H and O–H groups in total. The summed E-state index contributed by atoms with van der Waals surface area (Å²) >= 11 is 0. The van der Waals surface area contributed by atoms with Crippen LogP contribution in [0.1, 0.15) is 11.1 Å². The molecule has 4 heterocycles. The molecule has 1 fully saturated rings. The van der Waals surface area contributed by atoms with E-state index in [0.717, 1.165) is 59.7 Å². The van der Waals surface area contributed by atoms with Crippen molar-refractivity contribution < 1.29 is 4.74 Å². The third-order valence-corrected chi connectivity index (χ3v) is 6.07. The molecule has 0 aliphatic carbocycles. The number of nitrogens with one attached hydrogen (secondary N) is 3. The number of aromatic nitrogens is 1. The normalized spacial score (nSPS) is 20.4. The molecule has 1 aromatic heterocycles. The Morgan fingerprint density at radius 2 is 1.88 bits per heavy atom. The molecule has 3 aliphatic rings. The highest BCUT2D eigenvalue weighted by Crippen LogP contribution is 2.29. The van der Waals surface area contributed by atoms with E-state index in [0.29, 0.717) is 5.84 Å². The van der Waals surface area contributed by atoms with E-state index in [1.807, 2.05) is 47.8 Å². The van der Waals surface area contributed by atoms with E-state index in [4.69, 9.17) is 9.84 Å². The molecule has 8 heteroatoms. The van der Waals surface area contributed by atoms with Crippen molar-refractivity contribution in [1.82, 2.24) is 25.6 Å². The van der Waals surface area contributed by atoms with Crippen LogP contribution in [-0.2, 0) is 4.74 Å². The van der Waals surface area contributed by atoms with Crippen molar-refractivity contribution in [1.29, 1.82) is 0 Å². The zero-order chi connectivity index (χ0) is 22.0. The van der Waals surface area contributed by atoms with Crippen LogP contribution < -0.4 is 10.7 Å². The van der Waals surface area contributed by atoms with E-state index in [1.54, 1.807) is 0 Å². The smallest absolute Gasteiger partial charge is 0.168 e. The van der Waals surface area contributed by atoms with Gasteiger partial charge in [-0.05, 0) is 11.6 Å². The van der Waals surface area contributed by atoms with E-state index in [9.17, 15) is 0 Å². The molecule has 1 unspecified atom stereocenters. The van der Waals surface area contributed by atoms with Gasteiger partial charge in [-0.3, -0.25) is 5.43 Å². The van der Waals surface area contributed by atoms with Crippen LogP contribution in [0.15, 0.2) is 89.0 Å². The van der Waals surface area contributed by atoms with E-state index in [1.165, 1.54) is 0 Å². The number of hydrogen-bond acceptors (Lipinski definition) is 7. The van der Waals surface area contributed by atoms with Crippen molar-refractivity contribution in [2.24, 2.45) is 10.2 Å². The third kappa shape index (κ3) is 3.85. The van der Waals surface area contributed by atoms with Crippen molar-refractivity contribution in [2.45, 2.75) is 6.17 Å². The Kier molecular flexibility index (Phi) is 5.04. The Balaban J connectivity index is 1.27. The second-order valence-corrected chi connectivity index (χ2v) is 8.15. The van der Waals surface area contributed by atoms with Gasteiger partial charge >= 0.3 is 0 Å². The summed E-state index contributed by atoms with van der Waals surface area (Å²) < 4.78 is 5.57. The fourth-order valence-corrected chi connectivity index (χ4v) is 4.41. The average Bonchev–Trinajstić information content (AvgIpc) is 3.49. The fraction of sp³-hybridized carbons (Fsp3) is 0.200. The van der Waals surface area contributed by atoms with Crippen LogP contribution in [0, 0.1) is 0 Å². The van der Waals surface area contributed by atoms with Gasteiger partial charge in [0.05, 0.1) is 37.0 Å². The summed E-state index contributed by atoms with van der Waals surface area (Å²) in [7, 11) is 0. The van der Waals surface area contributed by atoms with Gasteiger partial charge in [-0.25, -0.2) is 5.01 Å². The lowest BCUT2D eigenvalue weighted by atomic mass is 10.1. The predicted octanol–water partition coefficient (Wildman–Crippen LogP) is 2.86. The maximum Gasteiger partial charge on any atom is 0.168 e. The van der Waals surface area contributed by atoms with Gasteiger partial charge in [0.1, 0.15) is 0 Å². The standard InChI is InChI=1S/C25H25N7O/c1-2-6-18(7-3-1)22-17-32-25(28-22)23(31-10-12-33-13-11-31)14-24(30-32)29-27-16-19-15-26-21-9-5-4-8-20(19)21/h1-9,14-17,25-26,28H,10-13H2,(H,29,30)/b27-16+. The largest absolute Gasteiger partial charge is 0.378 e. The number of hydrogen-bond donors (Lipinski definition) is 3. The van der Waals surface area contributed by atoms with Crippen LogP contribution >= 0.6 is 0 Å². The molecule has 0 spiro atoms. The topological polar surface area (TPSA) is 80.3 Å². The molecule has 166 valence electrons. The number of benzene rings is 2. The van der Waals surface area contributed by atoms with Crippen molar-refractivity contribution in [2.75, 3.05) is 26.3 Å². The predicted molar refractivity (Wildman–Crippen MR) is 130 cm³/mol. The average molecular weight is 440 g/mol. The SMILES string of the molecule is C1=C(c2ccccc2)NC2C(N3CCOCC3)=CC(N/N=C/c3c[nH]c4ccccc34)=NN12. The highest BCUT2D eigenvalue weighted by Gasteiger charge is 2.34. The first-order valence-corrected chi connectivity index (χ1v) is 11.2. The number of hydrazone groups is 2. The number of nitrogens with zero attached hydrogens (tertiary/aromatic N) is 4. The number of rotatable bonds is 4. The Bertz CT molecular complexity index is 1270. The lowest BCUT2D eigenvalue weighted by molar-refractivity contribution is 0.0456. The number of H-pyrrole nitrogens is 1. The number of amidine groups is 1. The quantitative estimate of drug-likeness (QED) is 0.430. The zero-order valence-electron chi connectivity index (χ0n) is 18.1. The van der Waals surface area contributed by atoms with Crippen molar-refractivity contribution >= 4 is 28.7 Å². The number of aromatic amines is 1. The van der Waals surface area contributed by atoms with Crippen LogP contribution in [-0.4, -0.2) is 59.4 Å². The molecule has 1 saturated heterocycles. The van der Waals surface area contributed by atoms with Crippen LogP contribution in [0.25, 0.3) is 16.6 Å². The summed E-state index contributed by atoms with van der Waals surface area (Å²) in [6, 6.07) is 18.5. The minimum absolute atomic E-state index is 0.0542. The fourth-order valence-electron chi connectivity index (χ4n) is 4.41. The van der Waals surface area contributed by atoms with Crippen molar-refractivity contribution in [3.8, 4) is 0 Å². The number of morpholine rings is 1. The second kappa shape index (κ2) is 8.48. The molecular weight excluding hydrogens is 414 g/mol.